The molecule has 25 heavy (non-hydrogen) atoms. The second-order valence-corrected chi connectivity index (χ2v) is 6.02. The molecule has 0 bridgehead atoms. The summed E-state index contributed by atoms with van der Waals surface area (Å²) >= 11 is 6.06. The summed E-state index contributed by atoms with van der Waals surface area (Å²) in [5.74, 6) is -0.879. The quantitative estimate of drug-likeness (QED) is 0.787. The van der Waals surface area contributed by atoms with Gasteiger partial charge in [0.25, 0.3) is 5.91 Å². The van der Waals surface area contributed by atoms with Crippen molar-refractivity contribution in [3.63, 3.8) is 0 Å². The fourth-order valence-electron chi connectivity index (χ4n) is 2.64. The zero-order chi connectivity index (χ0) is 17.6. The van der Waals surface area contributed by atoms with E-state index in [0.29, 0.717) is 31.9 Å². The summed E-state index contributed by atoms with van der Waals surface area (Å²) in [5, 5.41) is 0.290. The van der Waals surface area contributed by atoms with Crippen LogP contribution in [0.15, 0.2) is 54.6 Å². The van der Waals surface area contributed by atoms with Gasteiger partial charge in [0.15, 0.2) is 0 Å². The van der Waals surface area contributed by atoms with Crippen molar-refractivity contribution in [1.82, 2.24) is 4.90 Å². The van der Waals surface area contributed by atoms with Gasteiger partial charge >= 0.3 is 5.97 Å². The molecule has 1 aliphatic rings. The van der Waals surface area contributed by atoms with Gasteiger partial charge in [0.05, 0.1) is 23.8 Å². The van der Waals surface area contributed by atoms with E-state index in [9.17, 15) is 9.59 Å². The molecule has 1 heterocycles. The Morgan fingerprint density at radius 1 is 1.00 bits per heavy atom. The van der Waals surface area contributed by atoms with Gasteiger partial charge in [-0.1, -0.05) is 54.1 Å². The van der Waals surface area contributed by atoms with Gasteiger partial charge in [0.2, 0.25) is 6.10 Å². The number of carbonyl (C=O) groups excluding carboxylic acids is 2. The van der Waals surface area contributed by atoms with Gasteiger partial charge in [-0.25, -0.2) is 4.79 Å². The number of rotatable bonds is 4. The number of halogens is 1. The van der Waals surface area contributed by atoms with E-state index in [4.69, 9.17) is 21.1 Å². The van der Waals surface area contributed by atoms with Gasteiger partial charge in [0, 0.05) is 18.7 Å². The molecule has 1 fully saturated rings. The van der Waals surface area contributed by atoms with Crippen LogP contribution in [0.4, 0.5) is 0 Å². The number of ether oxygens (including phenoxy) is 2. The van der Waals surface area contributed by atoms with Crippen LogP contribution >= 0.6 is 11.6 Å². The van der Waals surface area contributed by atoms with Crippen LogP contribution in [0, 0.1) is 0 Å². The molecule has 5 nitrogen and oxygen atoms in total. The lowest BCUT2D eigenvalue weighted by Crippen LogP contribution is -2.44. The highest BCUT2D eigenvalue weighted by molar-refractivity contribution is 6.33. The third kappa shape index (κ3) is 4.18. The number of esters is 1. The van der Waals surface area contributed by atoms with Gasteiger partial charge in [-0.3, -0.25) is 4.79 Å². The Hall–Kier alpha value is -2.37. The van der Waals surface area contributed by atoms with E-state index >= 15 is 0 Å². The van der Waals surface area contributed by atoms with Crippen molar-refractivity contribution in [2.75, 3.05) is 26.3 Å². The number of amides is 1. The number of hydrogen-bond donors (Lipinski definition) is 0. The number of morpholine rings is 1. The van der Waals surface area contributed by atoms with Crippen molar-refractivity contribution < 1.29 is 19.1 Å². The lowest BCUT2D eigenvalue weighted by molar-refractivity contribution is -0.145. The minimum Gasteiger partial charge on any atom is -0.444 e. The SMILES string of the molecule is O=C(O[C@H](C(=O)N1CCOCC1)c1ccccc1)c1ccccc1Cl. The summed E-state index contributed by atoms with van der Waals surface area (Å²) in [7, 11) is 0. The summed E-state index contributed by atoms with van der Waals surface area (Å²) in [6.45, 7) is 1.91. The van der Waals surface area contributed by atoms with E-state index in [1.165, 1.54) is 0 Å². The fraction of sp³-hybridized carbons (Fsp3) is 0.263. The Morgan fingerprint density at radius 2 is 1.64 bits per heavy atom. The highest BCUT2D eigenvalue weighted by Gasteiger charge is 2.31. The summed E-state index contributed by atoms with van der Waals surface area (Å²) in [6, 6.07) is 15.6. The Balaban J connectivity index is 1.85. The van der Waals surface area contributed by atoms with Gasteiger partial charge < -0.3 is 14.4 Å². The van der Waals surface area contributed by atoms with Crippen molar-refractivity contribution in [3.05, 3.63) is 70.7 Å². The summed E-state index contributed by atoms with van der Waals surface area (Å²) < 4.78 is 10.8. The maximum Gasteiger partial charge on any atom is 0.340 e. The summed E-state index contributed by atoms with van der Waals surface area (Å²) in [6.07, 6.45) is -1.01. The molecule has 130 valence electrons. The molecule has 0 unspecified atom stereocenters. The lowest BCUT2D eigenvalue weighted by atomic mass is 10.1. The third-order valence-electron chi connectivity index (χ3n) is 3.97. The highest BCUT2D eigenvalue weighted by Crippen LogP contribution is 2.24. The second kappa shape index (κ2) is 8.14. The summed E-state index contributed by atoms with van der Waals surface area (Å²) in [4.78, 5) is 27.1. The number of benzene rings is 2. The Morgan fingerprint density at radius 3 is 2.32 bits per heavy atom. The average molecular weight is 360 g/mol. The van der Waals surface area contributed by atoms with Gasteiger partial charge in [-0.05, 0) is 12.1 Å². The van der Waals surface area contributed by atoms with Crippen LogP contribution in [-0.2, 0) is 14.3 Å². The smallest absolute Gasteiger partial charge is 0.340 e. The molecule has 2 aromatic carbocycles. The average Bonchev–Trinajstić information content (AvgIpc) is 2.67. The fourth-order valence-corrected chi connectivity index (χ4v) is 2.85. The maximum absolute atomic E-state index is 12.9. The van der Waals surface area contributed by atoms with Crippen molar-refractivity contribution in [2.45, 2.75) is 6.10 Å². The molecule has 1 saturated heterocycles. The van der Waals surface area contributed by atoms with Crippen molar-refractivity contribution in [1.29, 1.82) is 0 Å². The third-order valence-corrected chi connectivity index (χ3v) is 4.30. The van der Waals surface area contributed by atoms with E-state index in [1.807, 2.05) is 6.07 Å². The van der Waals surface area contributed by atoms with Crippen LogP contribution in [0.25, 0.3) is 0 Å². The first kappa shape index (κ1) is 17.5. The minimum atomic E-state index is -1.01. The molecule has 2 aromatic rings. The van der Waals surface area contributed by atoms with Crippen LogP contribution in [0.3, 0.4) is 0 Å². The monoisotopic (exact) mass is 359 g/mol. The molecule has 3 rings (SSSR count). The topological polar surface area (TPSA) is 55.8 Å². The molecule has 0 saturated carbocycles. The Bertz CT molecular complexity index is 744. The first-order valence-corrected chi connectivity index (χ1v) is 8.41. The molecular weight excluding hydrogens is 342 g/mol. The summed E-state index contributed by atoms with van der Waals surface area (Å²) in [5.41, 5.74) is 0.860. The van der Waals surface area contributed by atoms with Crippen LogP contribution in [-0.4, -0.2) is 43.1 Å². The van der Waals surface area contributed by atoms with E-state index in [2.05, 4.69) is 0 Å². The molecule has 0 aliphatic carbocycles. The van der Waals surface area contributed by atoms with E-state index in [0.717, 1.165) is 0 Å². The molecule has 0 spiro atoms. The van der Waals surface area contributed by atoms with Crippen LogP contribution in [0.2, 0.25) is 5.02 Å². The number of hydrogen-bond acceptors (Lipinski definition) is 4. The maximum atomic E-state index is 12.9. The minimum absolute atomic E-state index is 0.236. The first-order chi connectivity index (χ1) is 12.2. The zero-order valence-corrected chi connectivity index (χ0v) is 14.3. The predicted molar refractivity (Wildman–Crippen MR) is 93.4 cm³/mol. The largest absolute Gasteiger partial charge is 0.444 e. The Labute approximate surface area is 151 Å². The Kier molecular flexibility index (Phi) is 5.68. The molecule has 1 aliphatic heterocycles. The van der Waals surface area contributed by atoms with E-state index < -0.39 is 12.1 Å². The molecule has 1 atom stereocenters. The highest BCUT2D eigenvalue weighted by atomic mass is 35.5. The second-order valence-electron chi connectivity index (χ2n) is 5.61. The molecular formula is C19H18ClNO4. The molecule has 1 amide bonds. The normalized spacial score (nSPS) is 15.5. The van der Waals surface area contributed by atoms with Crippen molar-refractivity contribution >= 4 is 23.5 Å². The van der Waals surface area contributed by atoms with Crippen LogP contribution in [0.5, 0.6) is 0 Å². The van der Waals surface area contributed by atoms with Crippen LogP contribution in [0.1, 0.15) is 22.0 Å². The molecule has 0 N–H and O–H groups in total. The first-order valence-electron chi connectivity index (χ1n) is 8.04. The molecule has 6 heteroatoms. The van der Waals surface area contributed by atoms with Gasteiger partial charge in [0.1, 0.15) is 0 Å². The number of nitrogens with zero attached hydrogens (tertiary/aromatic N) is 1. The van der Waals surface area contributed by atoms with Crippen molar-refractivity contribution in [2.24, 2.45) is 0 Å². The lowest BCUT2D eigenvalue weighted by Gasteiger charge is -2.30. The molecule has 0 radical (unpaired) electrons. The van der Waals surface area contributed by atoms with E-state index in [-0.39, 0.29) is 16.5 Å². The van der Waals surface area contributed by atoms with E-state index in [1.54, 1.807) is 53.4 Å². The predicted octanol–water partition coefficient (Wildman–Crippen LogP) is 3.10. The van der Waals surface area contributed by atoms with Crippen LogP contribution < -0.4 is 0 Å². The zero-order valence-electron chi connectivity index (χ0n) is 13.6. The molecule has 0 aromatic heterocycles. The van der Waals surface area contributed by atoms with Crippen molar-refractivity contribution in [3.8, 4) is 0 Å². The number of carbonyl (C=O) groups is 2. The standard InChI is InChI=1S/C19H18ClNO4/c20-16-9-5-4-8-15(16)19(23)25-17(14-6-2-1-3-7-14)18(22)21-10-12-24-13-11-21/h1-9,17H,10-13H2/t17-/m0/s1. The van der Waals surface area contributed by atoms with Gasteiger partial charge in [-0.15, -0.1) is 0 Å². The van der Waals surface area contributed by atoms with Gasteiger partial charge in [-0.2, -0.15) is 0 Å².